The second-order valence-electron chi connectivity index (χ2n) is 5.84. The fourth-order valence-electron chi connectivity index (χ4n) is 2.71. The van der Waals surface area contributed by atoms with Gasteiger partial charge in [-0.05, 0) is 59.9 Å². The zero-order valence-electron chi connectivity index (χ0n) is 13.9. The Balaban J connectivity index is 1.57. The molecule has 27 heavy (non-hydrogen) atoms. The quantitative estimate of drug-likeness (QED) is 0.355. The first kappa shape index (κ1) is 18.4. The van der Waals surface area contributed by atoms with Gasteiger partial charge >= 0.3 is 0 Å². The summed E-state index contributed by atoms with van der Waals surface area (Å²) in [5, 5.41) is 3.73. The van der Waals surface area contributed by atoms with E-state index in [2.05, 4.69) is 14.3 Å². The molecular formula is C19H13Cl3N4S. The number of aromatic nitrogens is 3. The maximum absolute atomic E-state index is 6.06. The van der Waals surface area contributed by atoms with Gasteiger partial charge in [-0.25, -0.2) is 4.98 Å². The molecule has 0 N–H and O–H groups in total. The summed E-state index contributed by atoms with van der Waals surface area (Å²) in [4.78, 5) is 9.16. The van der Waals surface area contributed by atoms with Crippen LogP contribution in [-0.4, -0.2) is 26.7 Å². The molecule has 136 valence electrons. The molecule has 0 aliphatic rings. The van der Waals surface area contributed by atoms with E-state index in [1.165, 1.54) is 11.5 Å². The molecule has 0 bridgehead atoms. The summed E-state index contributed by atoms with van der Waals surface area (Å²) >= 11 is 19.4. The van der Waals surface area contributed by atoms with Crippen LogP contribution in [0.1, 0.15) is 11.4 Å². The summed E-state index contributed by atoms with van der Waals surface area (Å²) in [5.74, 6) is 0.733. The average Bonchev–Trinajstić information content (AvgIpc) is 3.23. The van der Waals surface area contributed by atoms with Gasteiger partial charge in [-0.2, -0.15) is 4.37 Å². The minimum absolute atomic E-state index is 0.557. The van der Waals surface area contributed by atoms with Crippen molar-refractivity contribution in [2.75, 3.05) is 6.54 Å². The van der Waals surface area contributed by atoms with E-state index in [1.807, 2.05) is 46.3 Å². The van der Waals surface area contributed by atoms with E-state index in [0.29, 0.717) is 21.6 Å². The molecular weight excluding hydrogens is 423 g/mol. The van der Waals surface area contributed by atoms with Crippen molar-refractivity contribution in [2.24, 2.45) is 4.99 Å². The van der Waals surface area contributed by atoms with Crippen LogP contribution in [0, 0.1) is 0 Å². The summed E-state index contributed by atoms with van der Waals surface area (Å²) in [6, 6.07) is 13.2. The number of imidazole rings is 1. The van der Waals surface area contributed by atoms with E-state index >= 15 is 0 Å². The van der Waals surface area contributed by atoms with Gasteiger partial charge in [-0.1, -0.05) is 40.9 Å². The van der Waals surface area contributed by atoms with Crippen LogP contribution in [0.2, 0.25) is 15.1 Å². The summed E-state index contributed by atoms with van der Waals surface area (Å²) < 4.78 is 6.43. The largest absolute Gasteiger partial charge is 0.289 e. The molecule has 8 heteroatoms. The third-order valence-corrected chi connectivity index (χ3v) is 5.61. The Hall–Kier alpha value is -1.92. The van der Waals surface area contributed by atoms with E-state index in [9.17, 15) is 0 Å². The van der Waals surface area contributed by atoms with E-state index in [0.717, 1.165) is 34.7 Å². The van der Waals surface area contributed by atoms with Gasteiger partial charge in [-0.3, -0.25) is 9.56 Å². The number of halogens is 3. The molecule has 2 aromatic carbocycles. The number of hydrogen-bond donors (Lipinski definition) is 0. The first-order valence-corrected chi connectivity index (χ1v) is 10.1. The molecule has 0 spiro atoms. The second kappa shape index (κ2) is 7.98. The summed E-state index contributed by atoms with van der Waals surface area (Å²) in [6.45, 7) is 0.617. The Morgan fingerprint density at radius 1 is 1.04 bits per heavy atom. The lowest BCUT2D eigenvalue weighted by atomic mass is 10.1. The average molecular weight is 436 g/mol. The monoisotopic (exact) mass is 434 g/mol. The van der Waals surface area contributed by atoms with Crippen LogP contribution in [0.5, 0.6) is 0 Å². The van der Waals surface area contributed by atoms with Gasteiger partial charge in [0.05, 0.1) is 16.3 Å². The fraction of sp³-hybridized carbons (Fsp3) is 0.105. The number of nitrogens with zero attached hydrogens (tertiary/aromatic N) is 4. The Labute approximate surface area is 175 Å². The van der Waals surface area contributed by atoms with Gasteiger partial charge < -0.3 is 0 Å². The molecule has 0 amide bonds. The molecule has 0 aliphatic heterocycles. The lowest BCUT2D eigenvalue weighted by Crippen LogP contribution is -2.01. The molecule has 0 fully saturated rings. The molecule has 4 nitrogen and oxygen atoms in total. The lowest BCUT2D eigenvalue weighted by molar-refractivity contribution is 0.966. The molecule has 0 atom stereocenters. The number of hydrogen-bond acceptors (Lipinski definition) is 4. The molecule has 0 saturated carbocycles. The maximum atomic E-state index is 6.06. The molecule has 0 radical (unpaired) electrons. The van der Waals surface area contributed by atoms with E-state index in [4.69, 9.17) is 34.8 Å². The van der Waals surface area contributed by atoms with Crippen molar-refractivity contribution in [2.45, 2.75) is 6.42 Å². The van der Waals surface area contributed by atoms with Crippen molar-refractivity contribution in [3.8, 4) is 5.69 Å². The second-order valence-corrected chi connectivity index (χ2v) is 7.72. The zero-order chi connectivity index (χ0) is 18.8. The van der Waals surface area contributed by atoms with Crippen LogP contribution in [0.25, 0.3) is 16.9 Å². The van der Waals surface area contributed by atoms with Crippen LogP contribution < -0.4 is 0 Å². The number of rotatable bonds is 5. The number of benzene rings is 2. The van der Waals surface area contributed by atoms with Gasteiger partial charge in [-0.15, -0.1) is 0 Å². The van der Waals surface area contributed by atoms with E-state index < -0.39 is 0 Å². The highest BCUT2D eigenvalue weighted by atomic mass is 35.5. The Bertz CT molecular complexity index is 1120. The maximum Gasteiger partial charge on any atom is 0.178 e. The summed E-state index contributed by atoms with van der Waals surface area (Å²) in [5.41, 5.74) is 3.69. The number of fused-ring (bicyclic) bond motifs is 1. The normalized spacial score (nSPS) is 11.7. The molecule has 4 rings (SSSR count). The standard InChI is InChI=1S/C19H13Cl3N4S/c20-13-2-4-14(5-3-13)26-18(24-17-11-27-25-19(17)26)10-23-8-7-12-1-6-15(21)16(22)9-12/h1-6,9-11H,7-8H2. The SMILES string of the molecule is Clc1ccc(-n2c(C=NCCc3ccc(Cl)c(Cl)c3)nc3csnc32)cc1. The first-order valence-electron chi connectivity index (χ1n) is 8.14. The van der Waals surface area contributed by atoms with Crippen molar-refractivity contribution < 1.29 is 0 Å². The zero-order valence-corrected chi connectivity index (χ0v) is 17.0. The third-order valence-electron chi connectivity index (χ3n) is 4.01. The van der Waals surface area contributed by atoms with Crippen molar-refractivity contribution >= 4 is 63.7 Å². The Morgan fingerprint density at radius 3 is 2.63 bits per heavy atom. The van der Waals surface area contributed by atoms with Gasteiger partial charge in [0, 0.05) is 22.6 Å². The molecule has 0 aliphatic carbocycles. The van der Waals surface area contributed by atoms with Crippen molar-refractivity contribution in [1.29, 1.82) is 0 Å². The van der Waals surface area contributed by atoms with Crippen LogP contribution in [0.4, 0.5) is 0 Å². The van der Waals surface area contributed by atoms with E-state index in [-0.39, 0.29) is 0 Å². The van der Waals surface area contributed by atoms with Gasteiger partial charge in [0.15, 0.2) is 11.5 Å². The predicted molar refractivity (Wildman–Crippen MR) is 114 cm³/mol. The summed E-state index contributed by atoms with van der Waals surface area (Å²) in [6.07, 6.45) is 2.54. The van der Waals surface area contributed by atoms with Gasteiger partial charge in [0.2, 0.25) is 0 Å². The van der Waals surface area contributed by atoms with Crippen molar-refractivity contribution in [1.82, 2.24) is 13.9 Å². The topological polar surface area (TPSA) is 43.1 Å². The number of aliphatic imine (C=N–C) groups is 1. The molecule has 2 aromatic heterocycles. The predicted octanol–water partition coefficient (Wildman–Crippen LogP) is 6.10. The minimum atomic E-state index is 0.557. The molecule has 2 heterocycles. The van der Waals surface area contributed by atoms with E-state index in [1.54, 1.807) is 12.3 Å². The molecule has 4 aromatic rings. The molecule has 0 unspecified atom stereocenters. The first-order chi connectivity index (χ1) is 13.1. The highest BCUT2D eigenvalue weighted by Crippen LogP contribution is 2.24. The van der Waals surface area contributed by atoms with Crippen molar-refractivity contribution in [3.05, 3.63) is 74.3 Å². The van der Waals surface area contributed by atoms with Crippen molar-refractivity contribution in [3.63, 3.8) is 0 Å². The summed E-state index contributed by atoms with van der Waals surface area (Å²) in [7, 11) is 0. The highest BCUT2D eigenvalue weighted by Gasteiger charge is 2.13. The Kier molecular flexibility index (Phi) is 5.45. The van der Waals surface area contributed by atoms with Crippen LogP contribution in [0.3, 0.4) is 0 Å². The fourth-order valence-corrected chi connectivity index (χ4v) is 3.74. The lowest BCUT2D eigenvalue weighted by Gasteiger charge is -2.05. The third kappa shape index (κ3) is 4.01. The minimum Gasteiger partial charge on any atom is -0.289 e. The Morgan fingerprint density at radius 2 is 1.85 bits per heavy atom. The van der Waals surface area contributed by atoms with Gasteiger partial charge in [0.25, 0.3) is 0 Å². The smallest absolute Gasteiger partial charge is 0.178 e. The van der Waals surface area contributed by atoms with Crippen LogP contribution >= 0.6 is 46.3 Å². The highest BCUT2D eigenvalue weighted by molar-refractivity contribution is 7.04. The van der Waals surface area contributed by atoms with Crippen LogP contribution in [0.15, 0.2) is 52.8 Å². The van der Waals surface area contributed by atoms with Gasteiger partial charge in [0.1, 0.15) is 5.52 Å². The van der Waals surface area contributed by atoms with Crippen LogP contribution in [-0.2, 0) is 6.42 Å². The molecule has 0 saturated heterocycles.